The molecule has 0 radical (unpaired) electrons. The Kier molecular flexibility index (Phi) is 6.78. The number of urea groups is 1. The molecule has 1 heterocycles. The number of nitrogens with one attached hydrogen (secondary N) is 1. The number of benzene rings is 1. The molecule has 2 atom stereocenters. The molecule has 0 aliphatic carbocycles. The third kappa shape index (κ3) is 4.87. The number of esters is 1. The molecule has 28 heavy (non-hydrogen) atoms. The summed E-state index contributed by atoms with van der Waals surface area (Å²) in [6.07, 6.45) is -0.485. The van der Waals surface area contributed by atoms with Crippen LogP contribution in [0.5, 0.6) is 0 Å². The van der Waals surface area contributed by atoms with Crippen molar-refractivity contribution in [1.29, 1.82) is 0 Å². The Morgan fingerprint density at radius 3 is 2.36 bits per heavy atom. The summed E-state index contributed by atoms with van der Waals surface area (Å²) in [5.41, 5.74) is 5.85. The zero-order valence-electron chi connectivity index (χ0n) is 16.0. The van der Waals surface area contributed by atoms with Crippen LogP contribution >= 0.6 is 0 Å². The molecular weight excluding hydrogens is 386 g/mol. The van der Waals surface area contributed by atoms with Crippen LogP contribution in [-0.4, -0.2) is 49.3 Å². The summed E-state index contributed by atoms with van der Waals surface area (Å²) in [5, 5.41) is 1.88. The monoisotopic (exact) mass is 411 g/mol. The maximum Gasteiger partial charge on any atom is 0.325 e. The van der Waals surface area contributed by atoms with E-state index >= 15 is 0 Å². The summed E-state index contributed by atoms with van der Waals surface area (Å²) in [7, 11) is -3.89. The van der Waals surface area contributed by atoms with Gasteiger partial charge in [-0.15, -0.1) is 0 Å². The minimum absolute atomic E-state index is 0.0877. The number of amides is 3. The minimum atomic E-state index is -3.89. The Morgan fingerprint density at radius 1 is 1.21 bits per heavy atom. The number of carbonyl (C=O) groups is 3. The molecule has 0 spiro atoms. The van der Waals surface area contributed by atoms with E-state index in [1.165, 1.54) is 12.1 Å². The highest BCUT2D eigenvalue weighted by molar-refractivity contribution is 7.89. The molecule has 0 saturated carbocycles. The lowest BCUT2D eigenvalue weighted by Crippen LogP contribution is -2.48. The Hall–Kier alpha value is -2.46. The van der Waals surface area contributed by atoms with Gasteiger partial charge in [-0.2, -0.15) is 4.31 Å². The predicted molar refractivity (Wildman–Crippen MR) is 101 cm³/mol. The van der Waals surface area contributed by atoms with E-state index in [9.17, 15) is 22.8 Å². The summed E-state index contributed by atoms with van der Waals surface area (Å²) in [5.74, 6) is -2.11. The fourth-order valence-corrected chi connectivity index (χ4v) is 4.64. The van der Waals surface area contributed by atoms with Crippen LogP contribution in [0.25, 0.3) is 0 Å². The topological polar surface area (TPSA) is 136 Å². The predicted octanol–water partition coefficient (Wildman–Crippen LogP) is 0.911. The van der Waals surface area contributed by atoms with Crippen molar-refractivity contribution in [3.63, 3.8) is 0 Å². The van der Waals surface area contributed by atoms with Crippen molar-refractivity contribution in [3.05, 3.63) is 29.8 Å². The van der Waals surface area contributed by atoms with Gasteiger partial charge in [0.05, 0.1) is 4.90 Å². The molecule has 0 unspecified atom stereocenters. The molecule has 1 aliphatic heterocycles. The molecule has 10 heteroatoms. The molecule has 154 valence electrons. The molecule has 1 aliphatic rings. The van der Waals surface area contributed by atoms with Crippen molar-refractivity contribution in [3.8, 4) is 0 Å². The molecule has 1 aromatic carbocycles. The van der Waals surface area contributed by atoms with Crippen LogP contribution in [0, 0.1) is 12.8 Å². The van der Waals surface area contributed by atoms with E-state index in [0.717, 1.165) is 9.87 Å². The van der Waals surface area contributed by atoms with Crippen LogP contribution in [0.15, 0.2) is 29.2 Å². The average Bonchev–Trinajstić information content (AvgIpc) is 3.09. The van der Waals surface area contributed by atoms with Gasteiger partial charge in [0, 0.05) is 6.54 Å². The van der Waals surface area contributed by atoms with Gasteiger partial charge >= 0.3 is 12.0 Å². The largest absolute Gasteiger partial charge is 0.451 e. The van der Waals surface area contributed by atoms with Crippen LogP contribution < -0.4 is 11.1 Å². The molecule has 1 fully saturated rings. The summed E-state index contributed by atoms with van der Waals surface area (Å²) in [4.78, 5) is 35.7. The fraction of sp³-hybridized carbons (Fsp3) is 0.500. The lowest BCUT2D eigenvalue weighted by atomic mass is 10.1. The van der Waals surface area contributed by atoms with Crippen molar-refractivity contribution in [2.24, 2.45) is 11.7 Å². The normalized spacial score (nSPS) is 18.6. The van der Waals surface area contributed by atoms with E-state index in [0.29, 0.717) is 6.42 Å². The Labute approximate surface area is 164 Å². The second-order valence-corrected chi connectivity index (χ2v) is 8.93. The van der Waals surface area contributed by atoms with Gasteiger partial charge in [-0.1, -0.05) is 31.5 Å². The Bertz CT molecular complexity index is 851. The van der Waals surface area contributed by atoms with Crippen LogP contribution in [0.3, 0.4) is 0 Å². The number of primary amides is 1. The van der Waals surface area contributed by atoms with Crippen molar-refractivity contribution in [2.45, 2.75) is 50.7 Å². The summed E-state index contributed by atoms with van der Waals surface area (Å²) >= 11 is 0. The molecular formula is C18H25N3O6S. The zero-order chi connectivity index (χ0) is 21.1. The molecule has 2 rings (SSSR count). The molecule has 1 aromatic rings. The van der Waals surface area contributed by atoms with Crippen LogP contribution in [0.4, 0.5) is 4.79 Å². The second-order valence-electron chi connectivity index (χ2n) is 7.04. The van der Waals surface area contributed by atoms with Gasteiger partial charge < -0.3 is 10.5 Å². The number of sulfonamides is 1. The minimum Gasteiger partial charge on any atom is -0.451 e. The molecule has 9 nitrogen and oxygen atoms in total. The van der Waals surface area contributed by atoms with Crippen LogP contribution in [0.2, 0.25) is 0 Å². The van der Waals surface area contributed by atoms with Crippen LogP contribution in [-0.2, 0) is 24.3 Å². The van der Waals surface area contributed by atoms with Gasteiger partial charge in [-0.05, 0) is 37.8 Å². The maximum atomic E-state index is 12.9. The SMILES string of the molecule is Cc1ccc(S(=O)(=O)N2CCC[C@H]2C(=O)O[C@@H](C(=O)NC(N)=O)C(C)C)cc1. The first-order valence-corrected chi connectivity index (χ1v) is 10.4. The Balaban J connectivity index is 2.20. The lowest BCUT2D eigenvalue weighted by molar-refractivity contribution is -0.161. The van der Waals surface area contributed by atoms with Gasteiger partial charge in [0.25, 0.3) is 5.91 Å². The quantitative estimate of drug-likeness (QED) is 0.668. The van der Waals surface area contributed by atoms with E-state index in [2.05, 4.69) is 0 Å². The van der Waals surface area contributed by atoms with E-state index in [4.69, 9.17) is 10.5 Å². The van der Waals surface area contributed by atoms with Gasteiger partial charge in [0.15, 0.2) is 6.10 Å². The van der Waals surface area contributed by atoms with E-state index in [1.54, 1.807) is 26.0 Å². The van der Waals surface area contributed by atoms with Gasteiger partial charge in [-0.25, -0.2) is 13.2 Å². The average molecular weight is 411 g/mol. The summed E-state index contributed by atoms with van der Waals surface area (Å²) in [6, 6.07) is 4.24. The summed E-state index contributed by atoms with van der Waals surface area (Å²) < 4.78 is 32.2. The third-order valence-electron chi connectivity index (χ3n) is 4.46. The van der Waals surface area contributed by atoms with Crippen molar-refractivity contribution in [1.82, 2.24) is 9.62 Å². The zero-order valence-corrected chi connectivity index (χ0v) is 16.9. The van der Waals surface area contributed by atoms with Crippen molar-refractivity contribution in [2.75, 3.05) is 6.54 Å². The number of nitrogens with zero attached hydrogens (tertiary/aromatic N) is 1. The lowest BCUT2D eigenvalue weighted by Gasteiger charge is -2.26. The smallest absolute Gasteiger partial charge is 0.325 e. The van der Waals surface area contributed by atoms with Crippen molar-refractivity contribution >= 4 is 27.9 Å². The van der Waals surface area contributed by atoms with Crippen LogP contribution in [0.1, 0.15) is 32.3 Å². The fourth-order valence-electron chi connectivity index (χ4n) is 3.00. The second kappa shape index (κ2) is 8.70. The molecule has 3 amide bonds. The van der Waals surface area contributed by atoms with Gasteiger partial charge in [0.1, 0.15) is 6.04 Å². The maximum absolute atomic E-state index is 12.9. The number of aryl methyl sites for hydroxylation is 1. The van der Waals surface area contributed by atoms with E-state index in [1.807, 2.05) is 12.2 Å². The molecule has 3 N–H and O–H groups in total. The molecule has 0 bridgehead atoms. The molecule has 0 aromatic heterocycles. The first-order chi connectivity index (χ1) is 13.0. The number of carbonyl (C=O) groups excluding carboxylic acids is 3. The van der Waals surface area contributed by atoms with E-state index < -0.39 is 46.0 Å². The number of ether oxygens (including phenoxy) is 1. The van der Waals surface area contributed by atoms with E-state index in [-0.39, 0.29) is 17.9 Å². The number of imide groups is 1. The Morgan fingerprint density at radius 2 is 1.82 bits per heavy atom. The standard InChI is InChI=1S/C18H25N3O6S/c1-11(2)15(16(22)20-18(19)24)27-17(23)14-5-4-10-21(14)28(25,26)13-8-6-12(3)7-9-13/h6-9,11,14-15H,4-5,10H2,1-3H3,(H3,19,20,22,24)/t14-,15+/m0/s1. The number of nitrogens with two attached hydrogens (primary N) is 1. The number of rotatable bonds is 6. The highest BCUT2D eigenvalue weighted by atomic mass is 32.2. The van der Waals surface area contributed by atoms with Crippen molar-refractivity contribution < 1.29 is 27.5 Å². The van der Waals surface area contributed by atoms with Gasteiger partial charge in [0.2, 0.25) is 10.0 Å². The first kappa shape index (κ1) is 21.8. The third-order valence-corrected chi connectivity index (χ3v) is 6.38. The first-order valence-electron chi connectivity index (χ1n) is 8.93. The highest BCUT2D eigenvalue weighted by Crippen LogP contribution is 2.27. The highest BCUT2D eigenvalue weighted by Gasteiger charge is 2.42. The number of hydrogen-bond donors (Lipinski definition) is 2. The van der Waals surface area contributed by atoms with Gasteiger partial charge in [-0.3, -0.25) is 14.9 Å². The molecule has 1 saturated heterocycles. The summed E-state index contributed by atoms with van der Waals surface area (Å²) in [6.45, 7) is 5.29. The number of hydrogen-bond acceptors (Lipinski definition) is 6.